The van der Waals surface area contributed by atoms with Crippen LogP contribution in [-0.2, 0) is 13.6 Å². The molecule has 2 aliphatic rings. The van der Waals surface area contributed by atoms with E-state index in [1.807, 2.05) is 13.3 Å². The molecule has 2 rings (SSSR count). The van der Waals surface area contributed by atoms with Gasteiger partial charge in [0.05, 0.1) is 12.2 Å². The van der Waals surface area contributed by atoms with E-state index < -0.39 is 23.5 Å². The lowest BCUT2D eigenvalue weighted by Gasteiger charge is -2.33. The van der Waals surface area contributed by atoms with Gasteiger partial charge in [-0.2, -0.15) is 0 Å². The third-order valence-electron chi connectivity index (χ3n) is 7.09. The van der Waals surface area contributed by atoms with Gasteiger partial charge in [-0.25, -0.2) is 0 Å². The van der Waals surface area contributed by atoms with Gasteiger partial charge >= 0.3 is 7.80 Å². The zero-order valence-electron chi connectivity index (χ0n) is 21.1. The number of hydrogen-bond donors (Lipinski definition) is 2. The highest BCUT2D eigenvalue weighted by molar-refractivity contribution is 8.41. The quantitative estimate of drug-likeness (QED) is 0.153. The first kappa shape index (κ1) is 32.2. The maximum atomic E-state index is 11.5. The lowest BCUT2D eigenvalue weighted by molar-refractivity contribution is 0.0881. The Bertz CT molecular complexity index is 567. The van der Waals surface area contributed by atoms with Gasteiger partial charge in [-0.3, -0.25) is 9.80 Å². The van der Waals surface area contributed by atoms with E-state index in [9.17, 15) is 9.46 Å². The molecular weight excluding hydrogens is 543 g/mol. The van der Waals surface area contributed by atoms with Crippen molar-refractivity contribution in [3.8, 4) is 0 Å². The summed E-state index contributed by atoms with van der Waals surface area (Å²) in [5.41, 5.74) is 0. The molecule has 0 aromatic carbocycles. The lowest BCUT2D eigenvalue weighted by atomic mass is 9.85. The molecule has 0 aromatic rings. The van der Waals surface area contributed by atoms with Gasteiger partial charge in [-0.05, 0) is 89.3 Å². The standard InChI is InChI=1S/C22H48N2O4P5S/c1-31(25)17-23(15-29)13-11-19-3-7-21(8-4-19)27-33(34)28-22-9-5-20(6-10-22)12-14-24(16-30)18-32(2)26/h19-22,25,34H,3-18,29-30H2,1-2H3/q+1. The molecule has 5 atom stereocenters. The van der Waals surface area contributed by atoms with Crippen LogP contribution in [0.4, 0.5) is 0 Å². The first-order valence-corrected chi connectivity index (χ1v) is 20.5. The fraction of sp³-hybridized carbons (Fsp3) is 1.00. The smallest absolute Gasteiger partial charge is 0.351 e. The summed E-state index contributed by atoms with van der Waals surface area (Å²) in [7, 11) is 2.50. The Morgan fingerprint density at radius 2 is 1.35 bits per heavy atom. The largest absolute Gasteiger partial charge is 0.373 e. The lowest BCUT2D eigenvalue weighted by Crippen LogP contribution is -2.28. The molecule has 34 heavy (non-hydrogen) atoms. The SMILES string of the molecule is CP(O)CN(CP)CCC1CCC(OP(S)OC2CCC(CCN(CP)C[P+](C)=O)CC2)CC1. The topological polar surface area (TPSA) is 62.2 Å². The van der Waals surface area contributed by atoms with Gasteiger partial charge < -0.3 is 13.9 Å². The molecule has 0 heterocycles. The predicted molar refractivity (Wildman–Crippen MR) is 160 cm³/mol. The van der Waals surface area contributed by atoms with E-state index in [0.717, 1.165) is 69.5 Å². The van der Waals surface area contributed by atoms with Crippen LogP contribution in [0.15, 0.2) is 0 Å². The predicted octanol–water partition coefficient (Wildman–Crippen LogP) is 6.73. The van der Waals surface area contributed by atoms with Crippen LogP contribution in [0.1, 0.15) is 64.2 Å². The highest BCUT2D eigenvalue weighted by Gasteiger charge is 2.28. The molecule has 0 aromatic heterocycles. The van der Waals surface area contributed by atoms with E-state index in [4.69, 9.17) is 9.05 Å². The van der Waals surface area contributed by atoms with Gasteiger partial charge in [0, 0.05) is 33.6 Å². The van der Waals surface area contributed by atoms with Crippen LogP contribution in [0.2, 0.25) is 0 Å². The summed E-state index contributed by atoms with van der Waals surface area (Å²) in [6, 6.07) is 0. The molecule has 0 spiro atoms. The molecule has 1 N–H and O–H groups in total. The monoisotopic (exact) mass is 591 g/mol. The minimum Gasteiger partial charge on any atom is -0.373 e. The number of rotatable bonds is 16. The molecule has 200 valence electrons. The molecule has 0 radical (unpaired) electrons. The molecule has 5 unspecified atom stereocenters. The van der Waals surface area contributed by atoms with Crippen LogP contribution in [0.3, 0.4) is 0 Å². The van der Waals surface area contributed by atoms with Crippen LogP contribution >= 0.6 is 54.3 Å². The average molecular weight is 592 g/mol. The van der Waals surface area contributed by atoms with Crippen LogP contribution in [-0.4, -0.2) is 78.5 Å². The summed E-state index contributed by atoms with van der Waals surface area (Å²) >= 11 is 4.67. The van der Waals surface area contributed by atoms with E-state index in [2.05, 4.69) is 40.5 Å². The molecule has 0 saturated heterocycles. The van der Waals surface area contributed by atoms with Gasteiger partial charge in [-0.1, -0.05) is 16.8 Å². The number of nitrogens with zero attached hydrogens (tertiary/aromatic N) is 2. The molecule has 0 aliphatic heterocycles. The zero-order chi connectivity index (χ0) is 24.9. The van der Waals surface area contributed by atoms with Crippen LogP contribution in [0.5, 0.6) is 0 Å². The van der Waals surface area contributed by atoms with Crippen molar-refractivity contribution in [2.24, 2.45) is 11.8 Å². The highest BCUT2D eigenvalue weighted by atomic mass is 32.7. The van der Waals surface area contributed by atoms with E-state index in [1.54, 1.807) is 0 Å². The second-order valence-corrected chi connectivity index (χ2v) is 15.8. The highest BCUT2D eigenvalue weighted by Crippen LogP contribution is 2.50. The minimum atomic E-state index is -1.10. The van der Waals surface area contributed by atoms with Gasteiger partial charge in [0.2, 0.25) is 7.58 Å². The maximum absolute atomic E-state index is 11.5. The Kier molecular flexibility index (Phi) is 17.3. The number of thiol groups is 1. The molecule has 6 nitrogen and oxygen atoms in total. The van der Waals surface area contributed by atoms with E-state index in [1.165, 1.54) is 38.5 Å². The molecule has 12 heteroatoms. The van der Waals surface area contributed by atoms with Gasteiger partial charge in [-0.15, -0.1) is 18.5 Å². The second-order valence-electron chi connectivity index (χ2n) is 10.0. The molecule has 0 bridgehead atoms. The van der Waals surface area contributed by atoms with Crippen molar-refractivity contribution in [2.75, 3.05) is 51.6 Å². The van der Waals surface area contributed by atoms with Crippen molar-refractivity contribution in [2.45, 2.75) is 76.4 Å². The van der Waals surface area contributed by atoms with Gasteiger partial charge in [0.25, 0.3) is 0 Å². The Labute approximate surface area is 221 Å². The fourth-order valence-electron chi connectivity index (χ4n) is 5.07. The summed E-state index contributed by atoms with van der Waals surface area (Å²) in [6.07, 6.45) is 15.6. The van der Waals surface area contributed by atoms with Crippen molar-refractivity contribution in [1.82, 2.24) is 9.80 Å². The van der Waals surface area contributed by atoms with Crippen molar-refractivity contribution in [3.05, 3.63) is 0 Å². The summed E-state index contributed by atoms with van der Waals surface area (Å²) in [5, 5.41) is 0. The zero-order valence-corrected chi connectivity index (χ0v) is 27.0. The van der Waals surface area contributed by atoms with E-state index in [0.29, 0.717) is 6.29 Å². The first-order chi connectivity index (χ1) is 16.3. The maximum Gasteiger partial charge on any atom is 0.351 e. The summed E-state index contributed by atoms with van der Waals surface area (Å²) < 4.78 is 24.0. The van der Waals surface area contributed by atoms with Crippen molar-refractivity contribution in [1.29, 1.82) is 0 Å². The summed E-state index contributed by atoms with van der Waals surface area (Å²) in [6.45, 7) is 5.85. The van der Waals surface area contributed by atoms with Crippen molar-refractivity contribution in [3.63, 3.8) is 0 Å². The molecule has 0 amide bonds. The molecule has 2 fully saturated rings. The van der Waals surface area contributed by atoms with Gasteiger partial charge in [0.15, 0.2) is 6.29 Å². The molecular formula is C22H48N2O4P5S+. The Morgan fingerprint density at radius 1 is 0.912 bits per heavy atom. The van der Waals surface area contributed by atoms with Gasteiger partial charge in [0.1, 0.15) is 6.66 Å². The van der Waals surface area contributed by atoms with Crippen LogP contribution < -0.4 is 0 Å². The fourth-order valence-corrected chi connectivity index (χ4v) is 9.57. The number of hydrogen-bond acceptors (Lipinski definition) is 7. The van der Waals surface area contributed by atoms with Crippen LogP contribution in [0, 0.1) is 11.8 Å². The third kappa shape index (κ3) is 13.7. The Morgan fingerprint density at radius 3 is 1.74 bits per heavy atom. The van der Waals surface area contributed by atoms with E-state index in [-0.39, 0.29) is 12.2 Å². The second kappa shape index (κ2) is 18.3. The molecule has 2 saturated carbocycles. The Balaban J connectivity index is 1.57. The molecule has 2 aliphatic carbocycles. The van der Waals surface area contributed by atoms with Crippen LogP contribution in [0.25, 0.3) is 0 Å². The van der Waals surface area contributed by atoms with E-state index >= 15 is 0 Å². The normalized spacial score (nSPS) is 28.3. The first-order valence-electron chi connectivity index (χ1n) is 12.7. The van der Waals surface area contributed by atoms with Crippen molar-refractivity contribution < 1.29 is 18.5 Å². The average Bonchev–Trinajstić information content (AvgIpc) is 2.80. The Hall–Kier alpha value is 1.97. The summed E-state index contributed by atoms with van der Waals surface area (Å²) in [4.78, 5) is 14.3. The third-order valence-corrected chi connectivity index (χ3v) is 11.3. The summed E-state index contributed by atoms with van der Waals surface area (Å²) in [5.74, 6) is 1.52. The minimum absolute atomic E-state index is 0.285. The van der Waals surface area contributed by atoms with Crippen molar-refractivity contribution >= 4 is 54.3 Å².